The first-order valence-electron chi connectivity index (χ1n) is 7.12. The molecule has 104 valence electrons. The number of hydrogen-bond donors (Lipinski definition) is 2. The second kappa shape index (κ2) is 5.17. The molecular formula is C14H27N3O. The van der Waals surface area contributed by atoms with E-state index in [2.05, 4.69) is 17.4 Å². The van der Waals surface area contributed by atoms with Crippen molar-refractivity contribution in [2.75, 3.05) is 20.1 Å². The van der Waals surface area contributed by atoms with E-state index < -0.39 is 5.41 Å². The van der Waals surface area contributed by atoms with E-state index >= 15 is 0 Å². The van der Waals surface area contributed by atoms with Crippen molar-refractivity contribution in [3.8, 4) is 0 Å². The van der Waals surface area contributed by atoms with Gasteiger partial charge in [0.15, 0.2) is 0 Å². The van der Waals surface area contributed by atoms with Crippen LogP contribution in [0.3, 0.4) is 0 Å². The van der Waals surface area contributed by atoms with Gasteiger partial charge in [0.1, 0.15) is 0 Å². The van der Waals surface area contributed by atoms with Gasteiger partial charge in [0.2, 0.25) is 5.91 Å². The van der Waals surface area contributed by atoms with E-state index in [-0.39, 0.29) is 5.91 Å². The van der Waals surface area contributed by atoms with Crippen LogP contribution >= 0.6 is 0 Å². The van der Waals surface area contributed by atoms with Crippen molar-refractivity contribution < 1.29 is 4.79 Å². The third-order valence-electron chi connectivity index (χ3n) is 4.84. The fraction of sp³-hybridized carbons (Fsp3) is 0.929. The van der Waals surface area contributed by atoms with E-state index in [0.717, 1.165) is 30.8 Å². The topological polar surface area (TPSA) is 58.4 Å². The highest BCUT2D eigenvalue weighted by molar-refractivity contribution is 5.81. The number of carbonyl (C=O) groups excluding carboxylic acids is 1. The Balaban J connectivity index is 1.82. The van der Waals surface area contributed by atoms with Gasteiger partial charge in [-0.15, -0.1) is 0 Å². The fourth-order valence-corrected chi connectivity index (χ4v) is 4.01. The van der Waals surface area contributed by atoms with Gasteiger partial charge in [-0.2, -0.15) is 0 Å². The summed E-state index contributed by atoms with van der Waals surface area (Å²) in [4.78, 5) is 14.0. The van der Waals surface area contributed by atoms with Crippen LogP contribution in [0.2, 0.25) is 0 Å². The predicted molar refractivity (Wildman–Crippen MR) is 72.5 cm³/mol. The number of fused-ring (bicyclic) bond motifs is 2. The van der Waals surface area contributed by atoms with Crippen molar-refractivity contribution in [3.63, 3.8) is 0 Å². The van der Waals surface area contributed by atoms with Crippen LogP contribution < -0.4 is 11.3 Å². The number of carbonyl (C=O) groups is 1. The number of nitrogens with zero attached hydrogens (tertiary/aromatic N) is 1. The Labute approximate surface area is 110 Å². The standard InChI is InChI=1S/C14H27N3O/c1-14(2,13(18)16-15)9-17(3)8-12-7-10-4-5-11(12)6-10/h10-12H,4-9,15H2,1-3H3,(H,16,18). The van der Waals surface area contributed by atoms with Crippen LogP contribution in [-0.2, 0) is 4.79 Å². The zero-order valence-electron chi connectivity index (χ0n) is 11.9. The SMILES string of the molecule is CN(CC1CC2CCC1C2)CC(C)(C)C(=O)NN. The smallest absolute Gasteiger partial charge is 0.240 e. The lowest BCUT2D eigenvalue weighted by atomic mass is 9.87. The molecule has 3 unspecified atom stereocenters. The van der Waals surface area contributed by atoms with Crippen LogP contribution in [0.25, 0.3) is 0 Å². The highest BCUT2D eigenvalue weighted by atomic mass is 16.2. The average Bonchev–Trinajstić information content (AvgIpc) is 2.88. The Morgan fingerprint density at radius 2 is 2.11 bits per heavy atom. The number of nitrogens with two attached hydrogens (primary N) is 1. The zero-order chi connectivity index (χ0) is 13.3. The Morgan fingerprint density at radius 1 is 1.39 bits per heavy atom. The number of hydrogen-bond acceptors (Lipinski definition) is 3. The van der Waals surface area contributed by atoms with Gasteiger partial charge >= 0.3 is 0 Å². The van der Waals surface area contributed by atoms with Gasteiger partial charge in [0.25, 0.3) is 0 Å². The first-order chi connectivity index (χ1) is 8.42. The second-order valence-corrected chi connectivity index (χ2v) is 6.99. The first-order valence-corrected chi connectivity index (χ1v) is 7.12. The van der Waals surface area contributed by atoms with Crippen LogP contribution in [0, 0.1) is 23.2 Å². The quantitative estimate of drug-likeness (QED) is 0.442. The minimum Gasteiger partial charge on any atom is -0.305 e. The molecule has 2 aliphatic carbocycles. The lowest BCUT2D eigenvalue weighted by Gasteiger charge is -2.32. The number of hydrazine groups is 1. The summed E-state index contributed by atoms with van der Waals surface area (Å²) in [6, 6.07) is 0. The average molecular weight is 253 g/mol. The lowest BCUT2D eigenvalue weighted by Crippen LogP contribution is -2.47. The van der Waals surface area contributed by atoms with E-state index in [4.69, 9.17) is 5.84 Å². The van der Waals surface area contributed by atoms with E-state index in [1.54, 1.807) is 0 Å². The molecule has 3 atom stereocenters. The highest BCUT2D eigenvalue weighted by Gasteiger charge is 2.40. The van der Waals surface area contributed by atoms with Crippen molar-refractivity contribution in [1.82, 2.24) is 10.3 Å². The molecule has 0 heterocycles. The van der Waals surface area contributed by atoms with Gasteiger partial charge in [-0.1, -0.05) is 6.42 Å². The first kappa shape index (κ1) is 13.8. The summed E-state index contributed by atoms with van der Waals surface area (Å²) in [5.74, 6) is 7.94. The molecule has 2 saturated carbocycles. The van der Waals surface area contributed by atoms with Gasteiger partial charge in [0.05, 0.1) is 5.41 Å². The summed E-state index contributed by atoms with van der Waals surface area (Å²) in [5.41, 5.74) is 1.85. The summed E-state index contributed by atoms with van der Waals surface area (Å²) in [5, 5.41) is 0. The van der Waals surface area contributed by atoms with Crippen molar-refractivity contribution in [2.24, 2.45) is 29.0 Å². The minimum atomic E-state index is -0.416. The monoisotopic (exact) mass is 253 g/mol. The summed E-state index contributed by atoms with van der Waals surface area (Å²) in [6.07, 6.45) is 5.73. The minimum absolute atomic E-state index is 0.0812. The lowest BCUT2D eigenvalue weighted by molar-refractivity contribution is -0.130. The maximum absolute atomic E-state index is 11.7. The van der Waals surface area contributed by atoms with Crippen LogP contribution in [0.15, 0.2) is 0 Å². The molecule has 4 heteroatoms. The fourth-order valence-electron chi connectivity index (χ4n) is 4.01. The Bertz CT molecular complexity index is 316. The maximum atomic E-state index is 11.7. The van der Waals surface area contributed by atoms with Crippen molar-refractivity contribution in [1.29, 1.82) is 0 Å². The van der Waals surface area contributed by atoms with Crippen LogP contribution in [0.5, 0.6) is 0 Å². The van der Waals surface area contributed by atoms with Gasteiger partial charge in [-0.25, -0.2) is 5.84 Å². The molecule has 0 spiro atoms. The molecule has 0 aliphatic heterocycles. The molecule has 4 nitrogen and oxygen atoms in total. The third-order valence-corrected chi connectivity index (χ3v) is 4.84. The van der Waals surface area contributed by atoms with Gasteiger partial charge in [0, 0.05) is 13.1 Å². The molecule has 0 saturated heterocycles. The molecule has 3 N–H and O–H groups in total. The number of amides is 1. The molecule has 0 radical (unpaired) electrons. The predicted octanol–water partition coefficient (Wildman–Crippen LogP) is 1.37. The van der Waals surface area contributed by atoms with Crippen molar-refractivity contribution in [2.45, 2.75) is 39.5 Å². The number of nitrogens with one attached hydrogen (secondary N) is 1. The molecular weight excluding hydrogens is 226 g/mol. The van der Waals surface area contributed by atoms with E-state index in [1.807, 2.05) is 13.8 Å². The van der Waals surface area contributed by atoms with Crippen molar-refractivity contribution >= 4 is 5.91 Å². The van der Waals surface area contributed by atoms with Crippen LogP contribution in [0.4, 0.5) is 0 Å². The molecule has 2 rings (SSSR count). The summed E-state index contributed by atoms with van der Waals surface area (Å²) >= 11 is 0. The molecule has 2 bridgehead atoms. The van der Waals surface area contributed by atoms with Gasteiger partial charge < -0.3 is 4.90 Å². The van der Waals surface area contributed by atoms with E-state index in [1.165, 1.54) is 25.7 Å². The molecule has 0 aromatic heterocycles. The Kier molecular flexibility index (Phi) is 3.97. The van der Waals surface area contributed by atoms with Crippen LogP contribution in [0.1, 0.15) is 39.5 Å². The molecule has 1 amide bonds. The third kappa shape index (κ3) is 2.86. The molecule has 18 heavy (non-hydrogen) atoms. The molecule has 2 aliphatic rings. The largest absolute Gasteiger partial charge is 0.305 e. The van der Waals surface area contributed by atoms with Crippen molar-refractivity contribution in [3.05, 3.63) is 0 Å². The maximum Gasteiger partial charge on any atom is 0.240 e. The molecule has 0 aromatic carbocycles. The summed E-state index contributed by atoms with van der Waals surface area (Å²) in [7, 11) is 2.12. The number of rotatable bonds is 5. The highest BCUT2D eigenvalue weighted by Crippen LogP contribution is 2.48. The Hall–Kier alpha value is -0.610. The Morgan fingerprint density at radius 3 is 2.61 bits per heavy atom. The second-order valence-electron chi connectivity index (χ2n) is 6.99. The van der Waals surface area contributed by atoms with Gasteiger partial charge in [-0.3, -0.25) is 10.2 Å². The molecule has 0 aromatic rings. The zero-order valence-corrected chi connectivity index (χ0v) is 11.9. The normalized spacial score (nSPS) is 31.1. The molecule has 2 fully saturated rings. The van der Waals surface area contributed by atoms with E-state index in [0.29, 0.717) is 0 Å². The van der Waals surface area contributed by atoms with Crippen LogP contribution in [-0.4, -0.2) is 30.9 Å². The van der Waals surface area contributed by atoms with E-state index in [9.17, 15) is 4.79 Å². The summed E-state index contributed by atoms with van der Waals surface area (Å²) in [6.45, 7) is 5.80. The summed E-state index contributed by atoms with van der Waals surface area (Å²) < 4.78 is 0. The van der Waals surface area contributed by atoms with Gasteiger partial charge in [-0.05, 0) is 57.9 Å².